The normalized spacial score (nSPS) is 11.0. The zero-order valence-corrected chi connectivity index (χ0v) is 20.9. The van der Waals surface area contributed by atoms with Crippen molar-refractivity contribution in [1.29, 1.82) is 0 Å². The zero-order valence-electron chi connectivity index (χ0n) is 20.9. The summed E-state index contributed by atoms with van der Waals surface area (Å²) in [5, 5.41) is 0.934. The first-order valence-electron chi connectivity index (χ1n) is 11.8. The lowest BCUT2D eigenvalue weighted by atomic mass is 10.1. The first-order valence-corrected chi connectivity index (χ1v) is 11.8. The van der Waals surface area contributed by atoms with Crippen LogP contribution in [0.1, 0.15) is 56.1 Å². The second kappa shape index (κ2) is 11.1. The van der Waals surface area contributed by atoms with Crippen molar-refractivity contribution in [3.05, 3.63) is 63.4 Å². The molecule has 0 spiro atoms. The molecule has 1 aromatic heterocycles. The van der Waals surface area contributed by atoms with Gasteiger partial charge in [-0.25, -0.2) is 0 Å². The van der Waals surface area contributed by atoms with Gasteiger partial charge >= 0.3 is 0 Å². The third-order valence-corrected chi connectivity index (χ3v) is 5.55. The molecule has 3 rings (SSSR count). The predicted molar refractivity (Wildman–Crippen MR) is 134 cm³/mol. The Bertz CT molecular complexity index is 1190. The van der Waals surface area contributed by atoms with Crippen molar-refractivity contribution in [1.82, 2.24) is 9.88 Å². The number of amides is 1. The molecule has 0 fully saturated rings. The molecule has 34 heavy (non-hydrogen) atoms. The van der Waals surface area contributed by atoms with E-state index in [1.165, 1.54) is 0 Å². The van der Waals surface area contributed by atoms with Gasteiger partial charge in [-0.1, -0.05) is 18.2 Å². The van der Waals surface area contributed by atoms with E-state index in [4.69, 9.17) is 14.2 Å². The Labute approximate surface area is 200 Å². The van der Waals surface area contributed by atoms with Gasteiger partial charge in [-0.05, 0) is 70.7 Å². The van der Waals surface area contributed by atoms with Crippen LogP contribution in [-0.4, -0.2) is 41.7 Å². The van der Waals surface area contributed by atoms with Gasteiger partial charge in [0, 0.05) is 17.2 Å². The van der Waals surface area contributed by atoms with Gasteiger partial charge in [0.25, 0.3) is 11.5 Å². The molecule has 2 aromatic carbocycles. The second-order valence-electron chi connectivity index (χ2n) is 8.29. The number of H-pyrrole nitrogens is 1. The molecule has 0 aliphatic heterocycles. The molecular weight excluding hydrogens is 432 g/mol. The molecule has 182 valence electrons. The van der Waals surface area contributed by atoms with Gasteiger partial charge < -0.3 is 24.1 Å². The monoisotopic (exact) mass is 466 g/mol. The van der Waals surface area contributed by atoms with E-state index in [9.17, 15) is 9.59 Å². The largest absolute Gasteiger partial charge is 0.490 e. The van der Waals surface area contributed by atoms with Crippen molar-refractivity contribution in [3.8, 4) is 17.2 Å². The fraction of sp³-hybridized carbons (Fsp3) is 0.407. The van der Waals surface area contributed by atoms with Gasteiger partial charge in [-0.2, -0.15) is 0 Å². The Balaban J connectivity index is 2.03. The quantitative estimate of drug-likeness (QED) is 0.450. The number of para-hydroxylation sites is 1. The van der Waals surface area contributed by atoms with E-state index >= 15 is 0 Å². The summed E-state index contributed by atoms with van der Waals surface area (Å²) in [7, 11) is 0. The summed E-state index contributed by atoms with van der Waals surface area (Å²) < 4.78 is 17.3. The standard InChI is InChI=1S/C27H34N2O5/c1-7-32-22-14-20(15-23(33-8-2)25(22)34-9-3)27(31)29(17(4)5)16-21-13-19-12-10-11-18(6)24(19)28-26(21)30/h10-15,17H,7-9,16H2,1-6H3,(H,28,30). The van der Waals surface area contributed by atoms with Crippen molar-refractivity contribution in [2.24, 2.45) is 0 Å². The average Bonchev–Trinajstić information content (AvgIpc) is 2.80. The third-order valence-electron chi connectivity index (χ3n) is 5.55. The summed E-state index contributed by atoms with van der Waals surface area (Å²) in [6.07, 6.45) is 0. The maximum atomic E-state index is 13.7. The lowest BCUT2D eigenvalue weighted by Gasteiger charge is -2.27. The summed E-state index contributed by atoms with van der Waals surface area (Å²) in [5.41, 5.74) is 2.56. The smallest absolute Gasteiger partial charge is 0.254 e. The fourth-order valence-corrected chi connectivity index (χ4v) is 3.90. The van der Waals surface area contributed by atoms with Crippen molar-refractivity contribution in [3.63, 3.8) is 0 Å². The maximum Gasteiger partial charge on any atom is 0.254 e. The number of carbonyl (C=O) groups is 1. The molecule has 0 aliphatic rings. The number of benzene rings is 2. The molecule has 7 nitrogen and oxygen atoms in total. The van der Waals surface area contributed by atoms with Gasteiger partial charge in [-0.15, -0.1) is 0 Å². The Morgan fingerprint density at radius 2 is 1.59 bits per heavy atom. The Morgan fingerprint density at radius 1 is 0.971 bits per heavy atom. The van der Waals surface area contributed by atoms with E-state index < -0.39 is 0 Å². The van der Waals surface area contributed by atoms with E-state index in [1.807, 2.05) is 65.8 Å². The van der Waals surface area contributed by atoms with Crippen LogP contribution in [0.3, 0.4) is 0 Å². The molecule has 0 radical (unpaired) electrons. The van der Waals surface area contributed by atoms with Gasteiger partial charge in [0.15, 0.2) is 11.5 Å². The number of aromatic amines is 1. The number of aromatic nitrogens is 1. The topological polar surface area (TPSA) is 80.9 Å². The van der Waals surface area contributed by atoms with Crippen LogP contribution in [0.2, 0.25) is 0 Å². The first-order chi connectivity index (χ1) is 16.3. The van der Waals surface area contributed by atoms with E-state index in [0.29, 0.717) is 48.2 Å². The number of aryl methyl sites for hydroxylation is 1. The van der Waals surface area contributed by atoms with Crippen LogP contribution in [0.25, 0.3) is 10.9 Å². The van der Waals surface area contributed by atoms with Crippen molar-refractivity contribution in [2.75, 3.05) is 19.8 Å². The van der Waals surface area contributed by atoms with Crippen LogP contribution >= 0.6 is 0 Å². The maximum absolute atomic E-state index is 13.7. The van der Waals surface area contributed by atoms with Crippen LogP contribution in [0, 0.1) is 6.92 Å². The van der Waals surface area contributed by atoms with E-state index in [-0.39, 0.29) is 24.1 Å². The number of rotatable bonds is 10. The summed E-state index contributed by atoms with van der Waals surface area (Å²) >= 11 is 0. The zero-order chi connectivity index (χ0) is 24.8. The molecule has 0 unspecified atom stereocenters. The molecule has 7 heteroatoms. The molecule has 1 heterocycles. The minimum atomic E-state index is -0.219. The van der Waals surface area contributed by atoms with E-state index in [1.54, 1.807) is 17.0 Å². The van der Waals surface area contributed by atoms with Gasteiger partial charge in [0.2, 0.25) is 5.75 Å². The van der Waals surface area contributed by atoms with E-state index in [0.717, 1.165) is 16.5 Å². The van der Waals surface area contributed by atoms with Crippen molar-refractivity contribution in [2.45, 2.75) is 54.1 Å². The molecule has 1 amide bonds. The lowest BCUT2D eigenvalue weighted by molar-refractivity contribution is 0.0688. The third kappa shape index (κ3) is 5.35. The van der Waals surface area contributed by atoms with Crippen LogP contribution in [-0.2, 0) is 6.54 Å². The molecule has 0 saturated carbocycles. The Kier molecular flexibility index (Phi) is 8.21. The molecule has 0 aliphatic carbocycles. The van der Waals surface area contributed by atoms with Crippen molar-refractivity contribution < 1.29 is 19.0 Å². The molecule has 0 atom stereocenters. The lowest BCUT2D eigenvalue weighted by Crippen LogP contribution is -2.38. The summed E-state index contributed by atoms with van der Waals surface area (Å²) in [6, 6.07) is 11.0. The average molecular weight is 467 g/mol. The molecule has 3 aromatic rings. The van der Waals surface area contributed by atoms with Crippen LogP contribution in [0.4, 0.5) is 0 Å². The number of nitrogens with zero attached hydrogens (tertiary/aromatic N) is 1. The minimum Gasteiger partial charge on any atom is -0.490 e. The Morgan fingerprint density at radius 3 is 2.15 bits per heavy atom. The number of hydrogen-bond donors (Lipinski definition) is 1. The molecular formula is C27H34N2O5. The predicted octanol–water partition coefficient (Wildman–Crippen LogP) is 5.08. The van der Waals surface area contributed by atoms with E-state index in [2.05, 4.69) is 4.98 Å². The second-order valence-corrected chi connectivity index (χ2v) is 8.29. The number of ether oxygens (including phenoxy) is 3. The molecule has 0 bridgehead atoms. The number of hydrogen-bond acceptors (Lipinski definition) is 5. The SMILES string of the molecule is CCOc1cc(C(=O)N(Cc2cc3cccc(C)c3[nH]c2=O)C(C)C)cc(OCC)c1OCC. The van der Waals surface area contributed by atoms with Gasteiger partial charge in [0.1, 0.15) is 0 Å². The van der Waals surface area contributed by atoms with Crippen LogP contribution in [0.15, 0.2) is 41.2 Å². The summed E-state index contributed by atoms with van der Waals surface area (Å²) in [6.45, 7) is 12.9. The Hall–Kier alpha value is -3.48. The highest BCUT2D eigenvalue weighted by atomic mass is 16.5. The van der Waals surface area contributed by atoms with Crippen molar-refractivity contribution >= 4 is 16.8 Å². The highest BCUT2D eigenvalue weighted by Crippen LogP contribution is 2.39. The van der Waals surface area contributed by atoms with Gasteiger partial charge in [0.05, 0.1) is 31.9 Å². The first kappa shape index (κ1) is 25.1. The summed E-state index contributed by atoms with van der Waals surface area (Å²) in [4.78, 5) is 31.2. The summed E-state index contributed by atoms with van der Waals surface area (Å²) in [5.74, 6) is 1.19. The minimum absolute atomic E-state index is 0.141. The highest BCUT2D eigenvalue weighted by Gasteiger charge is 2.24. The molecule has 1 N–H and O–H groups in total. The highest BCUT2D eigenvalue weighted by molar-refractivity contribution is 5.96. The molecule has 0 saturated heterocycles. The number of carbonyl (C=O) groups excluding carboxylic acids is 1. The number of fused-ring (bicyclic) bond motifs is 1. The van der Waals surface area contributed by atoms with Crippen LogP contribution < -0.4 is 19.8 Å². The fourth-order valence-electron chi connectivity index (χ4n) is 3.90. The number of nitrogens with one attached hydrogen (secondary N) is 1. The number of pyridine rings is 1. The van der Waals surface area contributed by atoms with Crippen LogP contribution in [0.5, 0.6) is 17.2 Å². The van der Waals surface area contributed by atoms with Gasteiger partial charge in [-0.3, -0.25) is 9.59 Å².